The zero-order valence-corrected chi connectivity index (χ0v) is 14.7. The molecule has 0 aromatic heterocycles. The highest BCUT2D eigenvalue weighted by molar-refractivity contribution is 7.99. The van der Waals surface area contributed by atoms with Crippen molar-refractivity contribution in [3.63, 3.8) is 0 Å². The van der Waals surface area contributed by atoms with Crippen LogP contribution in [0.1, 0.15) is 31.2 Å². The van der Waals surface area contributed by atoms with E-state index in [1.54, 1.807) is 12.7 Å². The van der Waals surface area contributed by atoms with E-state index >= 15 is 0 Å². The molecule has 2 fully saturated rings. The molecule has 0 amide bonds. The first-order valence-corrected chi connectivity index (χ1v) is 9.96. The van der Waals surface area contributed by atoms with E-state index in [-0.39, 0.29) is 0 Å². The molecule has 23 heavy (non-hydrogen) atoms. The van der Waals surface area contributed by atoms with Gasteiger partial charge in [0, 0.05) is 11.2 Å². The summed E-state index contributed by atoms with van der Waals surface area (Å²) in [6.07, 6.45) is 7.96. The van der Waals surface area contributed by atoms with Gasteiger partial charge in [0.15, 0.2) is 0 Å². The second-order valence-corrected chi connectivity index (χ2v) is 8.20. The summed E-state index contributed by atoms with van der Waals surface area (Å²) in [5, 5.41) is 0. The minimum absolute atomic E-state index is 0.489. The van der Waals surface area contributed by atoms with Crippen LogP contribution in [0.5, 0.6) is 5.75 Å². The fraction of sp³-hybridized carbons (Fsp3) is 0.600. The van der Waals surface area contributed by atoms with E-state index in [9.17, 15) is 0 Å². The van der Waals surface area contributed by atoms with Crippen LogP contribution in [-0.4, -0.2) is 25.2 Å². The van der Waals surface area contributed by atoms with E-state index in [1.165, 1.54) is 42.8 Å². The summed E-state index contributed by atoms with van der Waals surface area (Å²) < 4.78 is 11.4. The first kappa shape index (κ1) is 15.6. The SMILES string of the molecule is COc1ccc(COC[C@H]2CC=C3CCC[C@@H]4CSC[C@@]324)cc1. The molecule has 1 aromatic rings. The molecular formula is C20H26O2S. The molecule has 3 aliphatic rings. The second kappa shape index (κ2) is 6.52. The van der Waals surface area contributed by atoms with E-state index < -0.39 is 0 Å². The first-order valence-electron chi connectivity index (χ1n) is 8.81. The lowest BCUT2D eigenvalue weighted by molar-refractivity contribution is 0.0318. The molecular weight excluding hydrogens is 304 g/mol. The van der Waals surface area contributed by atoms with Crippen molar-refractivity contribution in [2.45, 2.75) is 32.3 Å². The van der Waals surface area contributed by atoms with Gasteiger partial charge in [-0.3, -0.25) is 0 Å². The maximum atomic E-state index is 6.15. The highest BCUT2D eigenvalue weighted by Gasteiger charge is 2.54. The number of allylic oxidation sites excluding steroid dienone is 2. The van der Waals surface area contributed by atoms with Crippen molar-refractivity contribution in [1.82, 2.24) is 0 Å². The van der Waals surface area contributed by atoms with Crippen LogP contribution in [0.2, 0.25) is 0 Å². The van der Waals surface area contributed by atoms with Gasteiger partial charge in [0.2, 0.25) is 0 Å². The summed E-state index contributed by atoms with van der Waals surface area (Å²) in [4.78, 5) is 0. The van der Waals surface area contributed by atoms with Gasteiger partial charge in [-0.1, -0.05) is 23.8 Å². The van der Waals surface area contributed by atoms with Gasteiger partial charge in [0.1, 0.15) is 5.75 Å². The Morgan fingerprint density at radius 3 is 2.96 bits per heavy atom. The predicted octanol–water partition coefficient (Wildman–Crippen LogP) is 4.69. The van der Waals surface area contributed by atoms with Gasteiger partial charge in [0.05, 0.1) is 20.3 Å². The number of rotatable bonds is 5. The Kier molecular flexibility index (Phi) is 4.42. The van der Waals surface area contributed by atoms with E-state index in [0.29, 0.717) is 17.9 Å². The van der Waals surface area contributed by atoms with Gasteiger partial charge in [-0.2, -0.15) is 11.8 Å². The molecule has 1 saturated heterocycles. The molecule has 3 atom stereocenters. The van der Waals surface area contributed by atoms with Crippen molar-refractivity contribution in [2.24, 2.45) is 17.3 Å². The number of hydrogen-bond donors (Lipinski definition) is 0. The Morgan fingerprint density at radius 2 is 2.13 bits per heavy atom. The highest BCUT2D eigenvalue weighted by atomic mass is 32.2. The molecule has 1 saturated carbocycles. The number of thioether (sulfide) groups is 1. The lowest BCUT2D eigenvalue weighted by atomic mass is 9.62. The van der Waals surface area contributed by atoms with Crippen LogP contribution < -0.4 is 4.74 Å². The highest BCUT2D eigenvalue weighted by Crippen LogP contribution is 2.61. The van der Waals surface area contributed by atoms with Gasteiger partial charge in [-0.05, 0) is 61.0 Å². The molecule has 0 bridgehead atoms. The molecule has 124 valence electrons. The molecule has 0 unspecified atom stereocenters. The Labute approximate surface area is 143 Å². The monoisotopic (exact) mass is 330 g/mol. The average molecular weight is 330 g/mol. The second-order valence-electron chi connectivity index (χ2n) is 7.17. The third-order valence-electron chi connectivity index (χ3n) is 6.11. The molecule has 2 aliphatic carbocycles. The van der Waals surface area contributed by atoms with Gasteiger partial charge in [-0.15, -0.1) is 0 Å². The molecule has 1 heterocycles. The normalized spacial score (nSPS) is 32.3. The van der Waals surface area contributed by atoms with Crippen LogP contribution in [0.4, 0.5) is 0 Å². The predicted molar refractivity (Wildman–Crippen MR) is 95.9 cm³/mol. The average Bonchev–Trinajstić information content (AvgIpc) is 3.18. The molecule has 1 spiro atoms. The van der Waals surface area contributed by atoms with Gasteiger partial charge in [-0.25, -0.2) is 0 Å². The molecule has 1 aliphatic heterocycles. The molecule has 2 nitrogen and oxygen atoms in total. The molecule has 1 aromatic carbocycles. The third kappa shape index (κ3) is 2.72. The van der Waals surface area contributed by atoms with E-state index in [2.05, 4.69) is 30.0 Å². The standard InChI is InChI=1S/C20H26O2S/c1-21-19-9-5-15(6-10-19)11-22-12-17-8-7-16-3-2-4-18-13-23-14-20(16,17)18/h5-7,9-10,17-18H,2-4,8,11-14H2,1H3/t17-,18-,20-/m1/s1. The molecule has 4 rings (SSSR count). The number of benzene rings is 1. The topological polar surface area (TPSA) is 18.5 Å². The van der Waals surface area contributed by atoms with Crippen LogP contribution in [0.25, 0.3) is 0 Å². The fourth-order valence-electron chi connectivity index (χ4n) is 4.86. The maximum Gasteiger partial charge on any atom is 0.118 e. The minimum Gasteiger partial charge on any atom is -0.497 e. The Bertz CT molecular complexity index is 580. The van der Waals surface area contributed by atoms with Crippen molar-refractivity contribution >= 4 is 11.8 Å². The Balaban J connectivity index is 1.37. The van der Waals surface area contributed by atoms with Crippen LogP contribution in [-0.2, 0) is 11.3 Å². The zero-order valence-electron chi connectivity index (χ0n) is 13.9. The maximum absolute atomic E-state index is 6.15. The number of methoxy groups -OCH3 is 1. The zero-order chi connectivity index (χ0) is 15.7. The van der Waals surface area contributed by atoms with Crippen LogP contribution in [0.15, 0.2) is 35.9 Å². The largest absolute Gasteiger partial charge is 0.497 e. The van der Waals surface area contributed by atoms with Crippen molar-refractivity contribution in [2.75, 3.05) is 25.2 Å². The van der Waals surface area contributed by atoms with Gasteiger partial charge >= 0.3 is 0 Å². The smallest absolute Gasteiger partial charge is 0.118 e. The summed E-state index contributed by atoms with van der Waals surface area (Å²) in [5.74, 6) is 5.22. The molecule has 0 radical (unpaired) electrons. The van der Waals surface area contributed by atoms with Crippen molar-refractivity contribution in [3.8, 4) is 5.75 Å². The third-order valence-corrected chi connectivity index (χ3v) is 7.43. The van der Waals surface area contributed by atoms with Crippen molar-refractivity contribution in [3.05, 3.63) is 41.5 Å². The lowest BCUT2D eigenvalue weighted by Crippen LogP contribution is -2.40. The molecule has 0 N–H and O–H groups in total. The quantitative estimate of drug-likeness (QED) is 0.730. The lowest BCUT2D eigenvalue weighted by Gasteiger charge is -2.43. The van der Waals surface area contributed by atoms with Gasteiger partial charge < -0.3 is 9.47 Å². The summed E-state index contributed by atoms with van der Waals surface area (Å²) >= 11 is 2.17. The van der Waals surface area contributed by atoms with Crippen LogP contribution in [0, 0.1) is 17.3 Å². The van der Waals surface area contributed by atoms with E-state index in [4.69, 9.17) is 9.47 Å². The summed E-state index contributed by atoms with van der Waals surface area (Å²) in [5.41, 5.74) is 3.50. The molecule has 3 heteroatoms. The first-order chi connectivity index (χ1) is 11.3. The van der Waals surface area contributed by atoms with Crippen molar-refractivity contribution in [1.29, 1.82) is 0 Å². The summed E-state index contributed by atoms with van der Waals surface area (Å²) in [6, 6.07) is 8.23. The number of hydrogen-bond acceptors (Lipinski definition) is 3. The summed E-state index contributed by atoms with van der Waals surface area (Å²) in [7, 11) is 1.70. The number of ether oxygens (including phenoxy) is 2. The van der Waals surface area contributed by atoms with Crippen LogP contribution in [0.3, 0.4) is 0 Å². The minimum atomic E-state index is 0.489. The van der Waals surface area contributed by atoms with E-state index in [0.717, 1.165) is 18.3 Å². The fourth-order valence-corrected chi connectivity index (χ4v) is 6.72. The summed E-state index contributed by atoms with van der Waals surface area (Å²) in [6.45, 7) is 1.62. The van der Waals surface area contributed by atoms with E-state index in [1.807, 2.05) is 12.1 Å². The Morgan fingerprint density at radius 1 is 1.26 bits per heavy atom. The van der Waals surface area contributed by atoms with Gasteiger partial charge in [0.25, 0.3) is 0 Å². The Hall–Kier alpha value is -0.930. The van der Waals surface area contributed by atoms with Crippen LogP contribution >= 0.6 is 11.8 Å². The van der Waals surface area contributed by atoms with Crippen molar-refractivity contribution < 1.29 is 9.47 Å².